The number of esters is 1. The molecule has 1 aliphatic heterocycles. The lowest BCUT2D eigenvalue weighted by molar-refractivity contribution is -0.124. The van der Waals surface area contributed by atoms with Crippen LogP contribution in [0, 0.1) is 13.8 Å². The molecule has 0 bridgehead atoms. The predicted molar refractivity (Wildman–Crippen MR) is 116 cm³/mol. The van der Waals surface area contributed by atoms with Gasteiger partial charge in [-0.05, 0) is 31.0 Å². The van der Waals surface area contributed by atoms with E-state index in [2.05, 4.69) is 26.4 Å². The van der Waals surface area contributed by atoms with Gasteiger partial charge in [0.15, 0.2) is 6.61 Å². The van der Waals surface area contributed by atoms with Crippen molar-refractivity contribution in [3.63, 3.8) is 0 Å². The van der Waals surface area contributed by atoms with E-state index >= 15 is 0 Å². The van der Waals surface area contributed by atoms with Gasteiger partial charge in [-0.15, -0.1) is 0 Å². The first-order valence-corrected chi connectivity index (χ1v) is 10.6. The number of benzene rings is 1. The fourth-order valence-electron chi connectivity index (χ4n) is 3.72. The van der Waals surface area contributed by atoms with E-state index in [0.29, 0.717) is 23.3 Å². The second kappa shape index (κ2) is 9.88. The Morgan fingerprint density at radius 2 is 1.91 bits per heavy atom. The molecule has 0 unspecified atom stereocenters. The molecule has 4 rings (SSSR count). The Morgan fingerprint density at radius 1 is 1.16 bits per heavy atom. The zero-order valence-corrected chi connectivity index (χ0v) is 18.2. The number of aryl methyl sites for hydroxylation is 2. The molecule has 2 aromatic heterocycles. The number of carbonyl (C=O) groups excluding carboxylic acids is 2. The van der Waals surface area contributed by atoms with Gasteiger partial charge in [-0.3, -0.25) is 9.69 Å². The first-order valence-electron chi connectivity index (χ1n) is 10.6. The standard InChI is InChI=1S/C23H26N4O5/c1-15-11-19(21-16(2)26-32-22(21)25-15)23(29)31-14-20(28)24-12-17-5-3-4-6-18(17)13-27-7-9-30-10-8-27/h3-6,11H,7-10,12-14H2,1-2H3,(H,24,28). The Hall–Kier alpha value is -3.30. The lowest BCUT2D eigenvalue weighted by Crippen LogP contribution is -2.36. The van der Waals surface area contributed by atoms with Crippen LogP contribution in [0.3, 0.4) is 0 Å². The van der Waals surface area contributed by atoms with Crippen LogP contribution in [-0.2, 0) is 27.4 Å². The Morgan fingerprint density at radius 3 is 2.69 bits per heavy atom. The van der Waals surface area contributed by atoms with Crippen molar-refractivity contribution in [3.05, 3.63) is 58.4 Å². The van der Waals surface area contributed by atoms with Crippen LogP contribution in [0.25, 0.3) is 11.1 Å². The summed E-state index contributed by atoms with van der Waals surface area (Å²) in [6.45, 7) is 7.52. The van der Waals surface area contributed by atoms with Crippen LogP contribution in [0.1, 0.15) is 32.9 Å². The summed E-state index contributed by atoms with van der Waals surface area (Å²) >= 11 is 0. The van der Waals surface area contributed by atoms with Gasteiger partial charge in [-0.1, -0.05) is 29.4 Å². The maximum atomic E-state index is 12.6. The number of carbonyl (C=O) groups is 2. The molecule has 0 aliphatic carbocycles. The van der Waals surface area contributed by atoms with Gasteiger partial charge in [0.2, 0.25) is 0 Å². The maximum absolute atomic E-state index is 12.6. The highest BCUT2D eigenvalue weighted by molar-refractivity contribution is 6.03. The SMILES string of the molecule is Cc1cc(C(=O)OCC(=O)NCc2ccccc2CN2CCOCC2)c2c(C)noc2n1. The molecule has 1 saturated heterocycles. The van der Waals surface area contributed by atoms with E-state index in [1.807, 2.05) is 18.2 Å². The lowest BCUT2D eigenvalue weighted by Gasteiger charge is -2.27. The third kappa shape index (κ3) is 5.12. The number of ether oxygens (including phenoxy) is 2. The van der Waals surface area contributed by atoms with E-state index < -0.39 is 5.97 Å². The molecule has 0 atom stereocenters. The number of nitrogens with zero attached hydrogens (tertiary/aromatic N) is 3. The van der Waals surface area contributed by atoms with Gasteiger partial charge in [0, 0.05) is 31.9 Å². The zero-order valence-electron chi connectivity index (χ0n) is 18.2. The lowest BCUT2D eigenvalue weighted by atomic mass is 10.1. The predicted octanol–water partition coefficient (Wildman–Crippen LogP) is 2.15. The van der Waals surface area contributed by atoms with Gasteiger partial charge in [-0.25, -0.2) is 9.78 Å². The summed E-state index contributed by atoms with van der Waals surface area (Å²) < 4.78 is 15.8. The van der Waals surface area contributed by atoms with Gasteiger partial charge in [0.05, 0.1) is 29.9 Å². The summed E-state index contributed by atoms with van der Waals surface area (Å²) in [4.78, 5) is 31.5. The number of rotatable bonds is 7. The largest absolute Gasteiger partial charge is 0.452 e. The number of amides is 1. The highest BCUT2D eigenvalue weighted by atomic mass is 16.5. The maximum Gasteiger partial charge on any atom is 0.339 e. The Kier molecular flexibility index (Phi) is 6.77. The van der Waals surface area contributed by atoms with Crippen molar-refractivity contribution in [1.82, 2.24) is 20.4 Å². The van der Waals surface area contributed by atoms with Crippen LogP contribution in [0.5, 0.6) is 0 Å². The second-order valence-corrected chi connectivity index (χ2v) is 7.77. The average molecular weight is 438 g/mol. The van der Waals surface area contributed by atoms with Crippen molar-refractivity contribution < 1.29 is 23.6 Å². The number of hydrogen-bond donors (Lipinski definition) is 1. The molecule has 1 aromatic carbocycles. The molecule has 9 nitrogen and oxygen atoms in total. The highest BCUT2D eigenvalue weighted by Crippen LogP contribution is 2.22. The number of hydrogen-bond acceptors (Lipinski definition) is 8. The molecule has 1 amide bonds. The molecule has 3 heterocycles. The van der Waals surface area contributed by atoms with E-state index in [0.717, 1.165) is 44.0 Å². The van der Waals surface area contributed by atoms with Crippen molar-refractivity contribution in [2.24, 2.45) is 0 Å². The monoisotopic (exact) mass is 438 g/mol. The summed E-state index contributed by atoms with van der Waals surface area (Å²) in [6.07, 6.45) is 0. The Bertz CT molecular complexity index is 1120. The minimum Gasteiger partial charge on any atom is -0.452 e. The van der Waals surface area contributed by atoms with Gasteiger partial charge >= 0.3 is 5.97 Å². The summed E-state index contributed by atoms with van der Waals surface area (Å²) in [5.74, 6) is -0.988. The molecule has 3 aromatic rings. The molecule has 0 radical (unpaired) electrons. The topological polar surface area (TPSA) is 107 Å². The molecular weight excluding hydrogens is 412 g/mol. The number of nitrogens with one attached hydrogen (secondary N) is 1. The average Bonchev–Trinajstić information content (AvgIpc) is 3.17. The van der Waals surface area contributed by atoms with Crippen LogP contribution >= 0.6 is 0 Å². The third-order valence-corrected chi connectivity index (χ3v) is 5.39. The van der Waals surface area contributed by atoms with Crippen LogP contribution in [0.2, 0.25) is 0 Å². The zero-order chi connectivity index (χ0) is 22.5. The third-order valence-electron chi connectivity index (χ3n) is 5.39. The van der Waals surface area contributed by atoms with E-state index in [-0.39, 0.29) is 23.8 Å². The molecule has 1 fully saturated rings. The van der Waals surface area contributed by atoms with Crippen LogP contribution in [0.4, 0.5) is 0 Å². The second-order valence-electron chi connectivity index (χ2n) is 7.77. The normalized spacial score (nSPS) is 14.4. The van der Waals surface area contributed by atoms with Gasteiger partial charge < -0.3 is 19.3 Å². The minimum atomic E-state index is -0.616. The smallest absolute Gasteiger partial charge is 0.339 e. The molecular formula is C23H26N4O5. The van der Waals surface area contributed by atoms with Crippen LogP contribution in [-0.4, -0.2) is 59.8 Å². The fourth-order valence-corrected chi connectivity index (χ4v) is 3.72. The number of morpholine rings is 1. The van der Waals surface area contributed by atoms with Crippen molar-refractivity contribution in [3.8, 4) is 0 Å². The van der Waals surface area contributed by atoms with Gasteiger partial charge in [0.25, 0.3) is 11.6 Å². The molecule has 0 saturated carbocycles. The summed E-state index contributed by atoms with van der Waals surface area (Å²) in [5.41, 5.74) is 3.89. The quantitative estimate of drug-likeness (QED) is 0.559. The van der Waals surface area contributed by atoms with E-state index in [4.69, 9.17) is 14.0 Å². The summed E-state index contributed by atoms with van der Waals surface area (Å²) in [7, 11) is 0. The van der Waals surface area contributed by atoms with E-state index in [1.165, 1.54) is 0 Å². The molecule has 32 heavy (non-hydrogen) atoms. The van der Waals surface area contributed by atoms with Crippen molar-refractivity contribution in [2.45, 2.75) is 26.9 Å². The molecule has 1 aliphatic rings. The van der Waals surface area contributed by atoms with E-state index in [1.54, 1.807) is 19.9 Å². The number of aromatic nitrogens is 2. The van der Waals surface area contributed by atoms with Crippen LogP contribution in [0.15, 0.2) is 34.9 Å². The van der Waals surface area contributed by atoms with Crippen molar-refractivity contribution in [1.29, 1.82) is 0 Å². The Labute approximate surface area is 185 Å². The number of pyridine rings is 1. The van der Waals surface area contributed by atoms with Gasteiger partial charge in [0.1, 0.15) is 0 Å². The summed E-state index contributed by atoms with van der Waals surface area (Å²) in [6, 6.07) is 9.60. The van der Waals surface area contributed by atoms with E-state index in [9.17, 15) is 9.59 Å². The molecule has 168 valence electrons. The molecule has 0 spiro atoms. The van der Waals surface area contributed by atoms with Crippen molar-refractivity contribution >= 4 is 23.0 Å². The molecule has 9 heteroatoms. The molecule has 1 N–H and O–H groups in total. The Balaban J connectivity index is 1.33. The summed E-state index contributed by atoms with van der Waals surface area (Å²) in [5, 5.41) is 7.19. The van der Waals surface area contributed by atoms with Gasteiger partial charge in [-0.2, -0.15) is 0 Å². The number of fused-ring (bicyclic) bond motifs is 1. The fraction of sp³-hybridized carbons (Fsp3) is 0.391. The highest BCUT2D eigenvalue weighted by Gasteiger charge is 2.20. The first kappa shape index (κ1) is 21.9. The first-order chi connectivity index (χ1) is 15.5. The van der Waals surface area contributed by atoms with Crippen molar-refractivity contribution in [2.75, 3.05) is 32.9 Å². The van der Waals surface area contributed by atoms with Crippen LogP contribution < -0.4 is 5.32 Å². The minimum absolute atomic E-state index is 0.274.